The highest BCUT2D eigenvalue weighted by Crippen LogP contribution is 2.53. The van der Waals surface area contributed by atoms with Crippen molar-refractivity contribution >= 4 is 78.0 Å². The highest BCUT2D eigenvalue weighted by atomic mass is 32.1. The van der Waals surface area contributed by atoms with E-state index in [0.29, 0.717) is 11.8 Å². The molecule has 2 unspecified atom stereocenters. The first kappa shape index (κ1) is 38.9. The summed E-state index contributed by atoms with van der Waals surface area (Å²) in [4.78, 5) is 5.31. The van der Waals surface area contributed by atoms with Crippen molar-refractivity contribution in [3.05, 3.63) is 124 Å². The number of hydrogen-bond acceptors (Lipinski definition) is 3. The van der Waals surface area contributed by atoms with Gasteiger partial charge in [-0.25, -0.2) is 0 Å². The largest absolute Gasteiger partial charge is 0.311 e. The Balaban J connectivity index is 1.32. The number of rotatable bonds is 2. The molecule has 2 nitrogen and oxygen atoms in total. The molecular weight excluding hydrogens is 731 g/mol. The summed E-state index contributed by atoms with van der Waals surface area (Å²) in [5, 5.41) is 1.42. The van der Waals surface area contributed by atoms with Crippen LogP contribution in [0.1, 0.15) is 160 Å². The Bertz CT molecular complexity index is 2680. The Morgan fingerprint density at radius 3 is 1.64 bits per heavy atom. The number of aryl methyl sites for hydroxylation is 1. The fraction of sp³-hybridized carbons (Fsp3) is 0.418. The quantitative estimate of drug-likeness (QED) is 0.161. The lowest BCUT2D eigenvalue weighted by Crippen LogP contribution is -2.61. The van der Waals surface area contributed by atoms with Crippen LogP contribution >= 0.6 is 11.3 Å². The Labute approximate surface area is 359 Å². The van der Waals surface area contributed by atoms with E-state index in [4.69, 9.17) is 0 Å². The minimum atomic E-state index is 0.0778. The molecule has 5 aromatic carbocycles. The molecule has 1 aromatic heterocycles. The molecule has 2 aliphatic carbocycles. The van der Waals surface area contributed by atoms with E-state index in [2.05, 4.69) is 196 Å². The van der Waals surface area contributed by atoms with Gasteiger partial charge in [0.1, 0.15) is 0 Å². The van der Waals surface area contributed by atoms with Gasteiger partial charge in [-0.3, -0.25) is 0 Å². The smallest absolute Gasteiger partial charge is 0.264 e. The van der Waals surface area contributed by atoms with Crippen LogP contribution in [0.15, 0.2) is 84.9 Å². The van der Waals surface area contributed by atoms with Gasteiger partial charge < -0.3 is 9.80 Å². The minimum Gasteiger partial charge on any atom is -0.311 e. The molecule has 4 aliphatic rings. The molecule has 2 aliphatic heterocycles. The van der Waals surface area contributed by atoms with E-state index in [9.17, 15) is 0 Å². The lowest BCUT2D eigenvalue weighted by atomic mass is 9.35. The first-order valence-electron chi connectivity index (χ1n) is 22.5. The van der Waals surface area contributed by atoms with Crippen molar-refractivity contribution in [2.45, 2.75) is 149 Å². The standard InChI is InChI=1S/C55H63BN2S/c1-32-26-46-49-47(27-32)58(38-22-18-36(19-23-38)53(7,8)9)50-41-28-39-33(2)14-15-34(3)40(39)29-48(41)59-51(50)56(49)44-30-42-43(55(12,13)25-24-54(42,10)11)31-45(44)57(46)37-20-16-35(17-21-37)52(4,5)6/h16-23,26-31,33-34H,14-15,24-25H2,1-13H3. The molecule has 0 bridgehead atoms. The van der Waals surface area contributed by atoms with E-state index in [1.807, 2.05) is 0 Å². The van der Waals surface area contributed by atoms with Crippen LogP contribution in [0.3, 0.4) is 0 Å². The summed E-state index contributed by atoms with van der Waals surface area (Å²) >= 11 is 2.07. The lowest BCUT2D eigenvalue weighted by Gasteiger charge is -2.47. The summed E-state index contributed by atoms with van der Waals surface area (Å²) in [5.74, 6) is 1.15. The molecule has 10 rings (SSSR count). The van der Waals surface area contributed by atoms with Gasteiger partial charge in [0.05, 0.1) is 5.69 Å². The van der Waals surface area contributed by atoms with Gasteiger partial charge in [0.25, 0.3) is 6.71 Å². The Morgan fingerprint density at radius 2 is 1.10 bits per heavy atom. The van der Waals surface area contributed by atoms with Gasteiger partial charge in [0.2, 0.25) is 0 Å². The molecule has 0 saturated carbocycles. The van der Waals surface area contributed by atoms with Gasteiger partial charge in [0.15, 0.2) is 0 Å². The average molecular weight is 795 g/mol. The summed E-state index contributed by atoms with van der Waals surface area (Å²) in [6.07, 6.45) is 4.92. The summed E-state index contributed by atoms with van der Waals surface area (Å²) in [6, 6.07) is 34.6. The zero-order valence-electron chi connectivity index (χ0n) is 37.9. The molecule has 6 aromatic rings. The predicted octanol–water partition coefficient (Wildman–Crippen LogP) is 14.2. The van der Waals surface area contributed by atoms with E-state index in [0.717, 1.165) is 0 Å². The van der Waals surface area contributed by atoms with E-state index in [1.165, 1.54) is 113 Å². The van der Waals surface area contributed by atoms with E-state index in [1.54, 1.807) is 11.1 Å². The molecular formula is C55H63BN2S. The van der Waals surface area contributed by atoms with Crippen LogP contribution < -0.4 is 25.5 Å². The van der Waals surface area contributed by atoms with Crippen LogP contribution in [0.5, 0.6) is 0 Å². The monoisotopic (exact) mass is 794 g/mol. The van der Waals surface area contributed by atoms with Crippen molar-refractivity contribution in [3.63, 3.8) is 0 Å². The maximum atomic E-state index is 2.69. The van der Waals surface area contributed by atoms with E-state index >= 15 is 0 Å². The highest BCUT2D eigenvalue weighted by Gasteiger charge is 2.48. The highest BCUT2D eigenvalue weighted by molar-refractivity contribution is 7.33. The fourth-order valence-electron chi connectivity index (χ4n) is 11.2. The SMILES string of the molecule is Cc1cc2c3c(c1)N(c1ccc(C(C)(C)C)cc1)c1c(sc4cc5c(cc14)C(C)CCC5C)B3c1cc3c(cc1N2c1ccc(C(C)(C)C)cc1)C(C)(C)CCC3(C)C. The van der Waals surface area contributed by atoms with Gasteiger partial charge in [0, 0.05) is 43.3 Å². The van der Waals surface area contributed by atoms with Crippen LogP contribution in [0.2, 0.25) is 0 Å². The summed E-state index contributed by atoms with van der Waals surface area (Å²) < 4.78 is 2.91. The lowest BCUT2D eigenvalue weighted by molar-refractivity contribution is 0.332. The first-order chi connectivity index (χ1) is 27.7. The molecule has 0 spiro atoms. The van der Waals surface area contributed by atoms with Crippen LogP contribution in [0.25, 0.3) is 10.1 Å². The predicted molar refractivity (Wildman–Crippen MR) is 259 cm³/mol. The second-order valence-electron chi connectivity index (χ2n) is 22.3. The number of fused-ring (bicyclic) bond motifs is 8. The average Bonchev–Trinajstić information content (AvgIpc) is 3.54. The third-order valence-electron chi connectivity index (χ3n) is 15.1. The van der Waals surface area contributed by atoms with Gasteiger partial charge in [-0.15, -0.1) is 11.3 Å². The maximum Gasteiger partial charge on any atom is 0.264 e. The topological polar surface area (TPSA) is 6.48 Å². The Kier molecular flexibility index (Phi) is 8.48. The summed E-state index contributed by atoms with van der Waals surface area (Å²) in [6.45, 7) is 31.2. The van der Waals surface area contributed by atoms with Gasteiger partial charge in [-0.2, -0.15) is 0 Å². The Hall–Kier alpha value is -4.28. The second kappa shape index (κ2) is 12.9. The maximum absolute atomic E-state index is 2.69. The molecule has 3 heterocycles. The number of thiophene rings is 1. The van der Waals surface area contributed by atoms with Crippen LogP contribution in [-0.4, -0.2) is 6.71 Å². The zero-order chi connectivity index (χ0) is 41.7. The van der Waals surface area contributed by atoms with Crippen LogP contribution in [0.4, 0.5) is 34.1 Å². The summed E-state index contributed by atoms with van der Waals surface area (Å²) in [7, 11) is 0. The van der Waals surface area contributed by atoms with Crippen molar-refractivity contribution in [1.29, 1.82) is 0 Å². The van der Waals surface area contributed by atoms with Crippen LogP contribution in [-0.2, 0) is 21.7 Å². The third-order valence-corrected chi connectivity index (χ3v) is 16.3. The molecule has 0 radical (unpaired) electrons. The number of hydrogen-bond donors (Lipinski definition) is 0. The van der Waals surface area contributed by atoms with E-state index in [-0.39, 0.29) is 28.4 Å². The Morgan fingerprint density at radius 1 is 0.610 bits per heavy atom. The third kappa shape index (κ3) is 5.93. The number of benzene rings is 5. The molecule has 0 fully saturated rings. The van der Waals surface area contributed by atoms with Gasteiger partial charge in [-0.1, -0.05) is 113 Å². The van der Waals surface area contributed by atoms with Crippen molar-refractivity contribution in [3.8, 4) is 0 Å². The van der Waals surface area contributed by atoms with E-state index < -0.39 is 0 Å². The molecule has 4 heteroatoms. The minimum absolute atomic E-state index is 0.0778. The fourth-order valence-corrected chi connectivity index (χ4v) is 12.5. The zero-order valence-corrected chi connectivity index (χ0v) is 38.8. The van der Waals surface area contributed by atoms with Gasteiger partial charge >= 0.3 is 0 Å². The van der Waals surface area contributed by atoms with Crippen molar-refractivity contribution < 1.29 is 0 Å². The van der Waals surface area contributed by atoms with Gasteiger partial charge in [-0.05, 0) is 171 Å². The molecule has 0 N–H and O–H groups in total. The molecule has 59 heavy (non-hydrogen) atoms. The van der Waals surface area contributed by atoms with Crippen molar-refractivity contribution in [1.82, 2.24) is 0 Å². The summed E-state index contributed by atoms with van der Waals surface area (Å²) in [5.41, 5.74) is 21.3. The molecule has 0 amide bonds. The second-order valence-corrected chi connectivity index (χ2v) is 23.4. The molecule has 0 saturated heterocycles. The number of anilines is 6. The van der Waals surface area contributed by atoms with Crippen molar-refractivity contribution in [2.75, 3.05) is 9.80 Å². The van der Waals surface area contributed by atoms with Crippen molar-refractivity contribution in [2.24, 2.45) is 0 Å². The van der Waals surface area contributed by atoms with Crippen LogP contribution in [0, 0.1) is 6.92 Å². The molecule has 2 atom stereocenters. The number of nitrogens with zero attached hydrogens (tertiary/aromatic N) is 2. The normalized spacial score (nSPS) is 20.2. The first-order valence-corrected chi connectivity index (χ1v) is 23.3. The molecule has 302 valence electrons.